The number of benzene rings is 6. The van der Waals surface area contributed by atoms with Crippen molar-refractivity contribution in [3.8, 4) is 11.1 Å². The Morgan fingerprint density at radius 1 is 0.692 bits per heavy atom. The fraction of sp³-hybridized carbons (Fsp3) is 0.0417. The second-order valence-electron chi connectivity index (χ2n) is 13.8. The Balaban J connectivity index is 1.14. The Bertz CT molecular complexity index is 3130. The van der Waals surface area contributed by atoms with E-state index in [0.717, 1.165) is 62.0 Å². The lowest BCUT2D eigenvalue weighted by Crippen LogP contribution is -2.25. The highest BCUT2D eigenvalue weighted by Gasteiger charge is 2.23. The Hall–Kier alpha value is -6.36. The molecule has 0 radical (unpaired) electrons. The van der Waals surface area contributed by atoms with E-state index in [1.807, 2.05) is 17.4 Å². The molecule has 0 N–H and O–H groups in total. The van der Waals surface area contributed by atoms with Crippen molar-refractivity contribution in [2.45, 2.75) is 12.5 Å². The number of allylic oxidation sites excluding steroid dienone is 5. The maximum atomic E-state index is 6.65. The highest BCUT2D eigenvalue weighted by atomic mass is 32.1. The van der Waals surface area contributed by atoms with Crippen LogP contribution in [0.5, 0.6) is 0 Å². The van der Waals surface area contributed by atoms with Crippen LogP contribution in [-0.2, 0) is 0 Å². The predicted molar refractivity (Wildman–Crippen MR) is 222 cm³/mol. The molecule has 4 heterocycles. The standard InChI is InChI=1S/C48H32N2OS/c1-30-26-41-37-17-9-11-19-45(37)52-46(41)29-49(33-12-4-2-5-13-33)42-25-21-31(27-40(30)42)32-20-22-35-38-23-24-39-36-16-8-10-18-44(36)51-48(39)47(38)50(43(35)28-32)34-14-6-3-7-15-34/h2-14,16-29,34H,1,15H2/b41-26-,46-29+. The molecule has 3 aromatic heterocycles. The van der Waals surface area contributed by atoms with Crippen LogP contribution in [0.15, 0.2) is 163 Å². The maximum absolute atomic E-state index is 6.65. The zero-order chi connectivity index (χ0) is 34.3. The number of thiophene rings is 1. The van der Waals surface area contributed by atoms with Gasteiger partial charge in [0.2, 0.25) is 0 Å². The van der Waals surface area contributed by atoms with Crippen molar-refractivity contribution < 1.29 is 4.42 Å². The summed E-state index contributed by atoms with van der Waals surface area (Å²) in [5, 5.41) is 7.23. The van der Waals surface area contributed by atoms with Gasteiger partial charge in [-0.15, -0.1) is 11.3 Å². The Kier molecular flexibility index (Phi) is 6.40. The molecule has 246 valence electrons. The Morgan fingerprint density at radius 3 is 2.35 bits per heavy atom. The lowest BCUT2D eigenvalue weighted by atomic mass is 9.95. The molecule has 2 aliphatic rings. The van der Waals surface area contributed by atoms with Gasteiger partial charge in [0.05, 0.1) is 27.3 Å². The number of para-hydroxylation sites is 2. The molecule has 1 atom stereocenters. The Morgan fingerprint density at radius 2 is 1.46 bits per heavy atom. The molecule has 4 heteroatoms. The van der Waals surface area contributed by atoms with Crippen molar-refractivity contribution in [3.63, 3.8) is 0 Å². The number of rotatable bonds is 3. The molecular formula is C48H32N2OS. The summed E-state index contributed by atoms with van der Waals surface area (Å²) in [6.07, 6.45) is 14.4. The quantitative estimate of drug-likeness (QED) is 0.185. The average Bonchev–Trinajstić information content (AvgIpc) is 3.86. The van der Waals surface area contributed by atoms with Crippen LogP contribution in [-0.4, -0.2) is 4.57 Å². The molecule has 9 aromatic rings. The fourth-order valence-electron chi connectivity index (χ4n) is 8.35. The van der Waals surface area contributed by atoms with E-state index >= 15 is 0 Å². The van der Waals surface area contributed by atoms with Crippen molar-refractivity contribution >= 4 is 94.4 Å². The van der Waals surface area contributed by atoms with E-state index < -0.39 is 0 Å². The third-order valence-corrected chi connectivity index (χ3v) is 11.9. The number of anilines is 2. The molecular weight excluding hydrogens is 653 g/mol. The largest absolute Gasteiger partial charge is 0.454 e. The SMILES string of the molecule is C=C1/C=c2\c(sc3ccccc23)=C/N(c2ccccc2)c2ccc(-c3ccc4c5ccc6c7ccccc7oc6c5n(C5C=CC=CC5)c4c3)cc21. The van der Waals surface area contributed by atoms with Crippen LogP contribution in [0, 0.1) is 0 Å². The molecule has 0 saturated carbocycles. The van der Waals surface area contributed by atoms with Gasteiger partial charge in [0.15, 0.2) is 5.58 Å². The molecule has 3 nitrogen and oxygen atoms in total. The van der Waals surface area contributed by atoms with Gasteiger partial charge in [-0.3, -0.25) is 0 Å². The zero-order valence-corrected chi connectivity index (χ0v) is 29.1. The minimum absolute atomic E-state index is 0.175. The molecule has 0 spiro atoms. The van der Waals surface area contributed by atoms with Crippen LogP contribution in [0.2, 0.25) is 0 Å². The van der Waals surface area contributed by atoms with E-state index in [1.165, 1.54) is 41.7 Å². The number of furan rings is 1. The van der Waals surface area contributed by atoms with Gasteiger partial charge in [-0.1, -0.05) is 110 Å². The minimum Gasteiger partial charge on any atom is -0.454 e. The topological polar surface area (TPSA) is 21.3 Å². The molecule has 0 bridgehead atoms. The third kappa shape index (κ3) is 4.38. The third-order valence-electron chi connectivity index (χ3n) is 10.8. The van der Waals surface area contributed by atoms with E-state index in [2.05, 4.69) is 174 Å². The number of aromatic nitrogens is 1. The van der Waals surface area contributed by atoms with Gasteiger partial charge in [-0.25, -0.2) is 0 Å². The lowest BCUT2D eigenvalue weighted by molar-refractivity contribution is 0.635. The van der Waals surface area contributed by atoms with Crippen LogP contribution in [0.1, 0.15) is 18.0 Å². The van der Waals surface area contributed by atoms with Gasteiger partial charge in [0.25, 0.3) is 0 Å². The van der Waals surface area contributed by atoms with Gasteiger partial charge >= 0.3 is 0 Å². The fourth-order valence-corrected chi connectivity index (χ4v) is 9.45. The summed E-state index contributed by atoms with van der Waals surface area (Å²) >= 11 is 1.83. The van der Waals surface area contributed by atoms with E-state index in [-0.39, 0.29) is 6.04 Å². The van der Waals surface area contributed by atoms with Gasteiger partial charge in [0, 0.05) is 54.3 Å². The number of hydrogen-bond acceptors (Lipinski definition) is 3. The Labute approximate surface area is 304 Å². The van der Waals surface area contributed by atoms with Crippen molar-refractivity contribution in [1.82, 2.24) is 4.57 Å². The van der Waals surface area contributed by atoms with Crippen LogP contribution in [0.25, 0.3) is 82.8 Å². The second-order valence-corrected chi connectivity index (χ2v) is 14.9. The summed E-state index contributed by atoms with van der Waals surface area (Å²) in [4.78, 5) is 2.33. The summed E-state index contributed by atoms with van der Waals surface area (Å²) in [6.45, 7) is 4.69. The molecule has 0 amide bonds. The van der Waals surface area contributed by atoms with Crippen molar-refractivity contribution in [2.75, 3.05) is 4.90 Å². The molecule has 1 aliphatic carbocycles. The van der Waals surface area contributed by atoms with Gasteiger partial charge in [-0.2, -0.15) is 0 Å². The molecule has 1 aliphatic heterocycles. The van der Waals surface area contributed by atoms with Crippen molar-refractivity contribution in [2.24, 2.45) is 0 Å². The van der Waals surface area contributed by atoms with Gasteiger partial charge in [-0.05, 0) is 77.7 Å². The maximum Gasteiger partial charge on any atom is 0.159 e. The van der Waals surface area contributed by atoms with E-state index in [9.17, 15) is 0 Å². The highest BCUT2D eigenvalue weighted by Crippen LogP contribution is 2.43. The molecule has 1 unspecified atom stereocenters. The molecule has 0 saturated heterocycles. The molecule has 52 heavy (non-hydrogen) atoms. The highest BCUT2D eigenvalue weighted by molar-refractivity contribution is 7.17. The zero-order valence-electron chi connectivity index (χ0n) is 28.3. The monoisotopic (exact) mass is 684 g/mol. The molecule has 0 fully saturated rings. The number of hydrogen-bond donors (Lipinski definition) is 0. The normalized spacial score (nSPS) is 16.9. The number of fused-ring (bicyclic) bond motifs is 11. The summed E-state index contributed by atoms with van der Waals surface area (Å²) in [7, 11) is 0. The smallest absolute Gasteiger partial charge is 0.159 e. The molecule has 6 aromatic carbocycles. The summed E-state index contributed by atoms with van der Waals surface area (Å²) in [6, 6.07) is 46.1. The average molecular weight is 685 g/mol. The number of nitrogens with zero attached hydrogens (tertiary/aromatic N) is 2. The summed E-state index contributed by atoms with van der Waals surface area (Å²) < 4.78 is 11.7. The first kappa shape index (κ1) is 29.4. The predicted octanol–water partition coefficient (Wildman–Crippen LogP) is 12.0. The first-order valence-corrected chi connectivity index (χ1v) is 18.6. The first-order chi connectivity index (χ1) is 25.7. The minimum atomic E-state index is 0.175. The van der Waals surface area contributed by atoms with E-state index in [1.54, 1.807) is 0 Å². The summed E-state index contributed by atoms with van der Waals surface area (Å²) in [5.74, 6) is 0. The van der Waals surface area contributed by atoms with Crippen molar-refractivity contribution in [1.29, 1.82) is 0 Å². The van der Waals surface area contributed by atoms with Crippen LogP contribution >= 0.6 is 11.3 Å². The second kappa shape index (κ2) is 11.3. The van der Waals surface area contributed by atoms with E-state index in [0.29, 0.717) is 0 Å². The van der Waals surface area contributed by atoms with Crippen LogP contribution < -0.4 is 14.7 Å². The first-order valence-electron chi connectivity index (χ1n) is 17.8. The lowest BCUT2D eigenvalue weighted by Gasteiger charge is -2.25. The van der Waals surface area contributed by atoms with Gasteiger partial charge < -0.3 is 13.9 Å². The van der Waals surface area contributed by atoms with E-state index in [4.69, 9.17) is 4.42 Å². The molecule has 11 rings (SSSR count). The van der Waals surface area contributed by atoms with Crippen molar-refractivity contribution in [3.05, 3.63) is 174 Å². The van der Waals surface area contributed by atoms with Crippen LogP contribution in [0.4, 0.5) is 11.4 Å². The van der Waals surface area contributed by atoms with Gasteiger partial charge in [0.1, 0.15) is 5.58 Å². The summed E-state index contributed by atoms with van der Waals surface area (Å²) in [5.41, 5.74) is 10.9. The van der Waals surface area contributed by atoms with Crippen LogP contribution in [0.3, 0.4) is 0 Å².